The smallest absolute Gasteiger partial charge is 0.293 e. The van der Waals surface area contributed by atoms with Crippen LogP contribution in [0.25, 0.3) is 0 Å². The van der Waals surface area contributed by atoms with Crippen molar-refractivity contribution in [1.82, 2.24) is 0 Å². The van der Waals surface area contributed by atoms with Crippen molar-refractivity contribution in [2.75, 3.05) is 13.2 Å². The standard InChI is InChI=1S/C8H15Cl3O3Si/c1-15(2,3)7(4-13-6-12)14-5-8(9,10)11/h6-7H,4-5H2,1-3H3. The Hall–Kier alpha value is 0.517. The molecule has 15 heavy (non-hydrogen) atoms. The van der Waals surface area contributed by atoms with E-state index in [4.69, 9.17) is 39.5 Å². The van der Waals surface area contributed by atoms with E-state index in [1.807, 2.05) is 0 Å². The van der Waals surface area contributed by atoms with Gasteiger partial charge in [-0.25, -0.2) is 0 Å². The number of rotatable bonds is 6. The van der Waals surface area contributed by atoms with Crippen molar-refractivity contribution in [3.8, 4) is 0 Å². The first kappa shape index (κ1) is 15.5. The van der Waals surface area contributed by atoms with Gasteiger partial charge in [0.1, 0.15) is 6.61 Å². The van der Waals surface area contributed by atoms with E-state index >= 15 is 0 Å². The molecule has 0 aromatic carbocycles. The van der Waals surface area contributed by atoms with Gasteiger partial charge in [-0.05, 0) is 0 Å². The molecule has 0 radical (unpaired) electrons. The summed E-state index contributed by atoms with van der Waals surface area (Å²) < 4.78 is 8.71. The minimum Gasteiger partial charge on any atom is -0.465 e. The lowest BCUT2D eigenvalue weighted by atomic mass is 10.7. The highest BCUT2D eigenvalue weighted by atomic mass is 35.6. The molecule has 0 N–H and O–H groups in total. The molecule has 7 heteroatoms. The fourth-order valence-corrected chi connectivity index (χ4v) is 2.24. The minimum atomic E-state index is -1.61. The third-order valence-corrected chi connectivity index (χ3v) is 4.32. The highest BCUT2D eigenvalue weighted by molar-refractivity contribution is 6.77. The fourth-order valence-electron chi connectivity index (χ4n) is 0.870. The van der Waals surface area contributed by atoms with Gasteiger partial charge in [0.15, 0.2) is 0 Å². The first-order valence-corrected chi connectivity index (χ1v) is 9.11. The topological polar surface area (TPSA) is 35.5 Å². The van der Waals surface area contributed by atoms with E-state index in [1.54, 1.807) is 0 Å². The van der Waals surface area contributed by atoms with Crippen LogP contribution in [0.15, 0.2) is 0 Å². The van der Waals surface area contributed by atoms with Gasteiger partial charge in [0, 0.05) is 0 Å². The first-order valence-electron chi connectivity index (χ1n) is 4.40. The third kappa shape index (κ3) is 8.34. The Labute approximate surface area is 106 Å². The Morgan fingerprint density at radius 3 is 2.20 bits per heavy atom. The molecule has 0 rings (SSSR count). The van der Waals surface area contributed by atoms with Crippen LogP contribution >= 0.6 is 34.8 Å². The molecule has 0 bridgehead atoms. The molecule has 0 saturated heterocycles. The van der Waals surface area contributed by atoms with Crippen molar-refractivity contribution < 1.29 is 14.3 Å². The molecule has 0 aromatic heterocycles. The number of hydrogen-bond acceptors (Lipinski definition) is 3. The van der Waals surface area contributed by atoms with Crippen LogP contribution in [-0.4, -0.2) is 37.3 Å². The number of alkyl halides is 3. The number of ether oxygens (including phenoxy) is 2. The second-order valence-electron chi connectivity index (χ2n) is 4.21. The van der Waals surface area contributed by atoms with Gasteiger partial charge in [0.25, 0.3) is 6.47 Å². The zero-order chi connectivity index (χ0) is 12.1. The van der Waals surface area contributed by atoms with E-state index < -0.39 is 11.9 Å². The average molecular weight is 294 g/mol. The highest BCUT2D eigenvalue weighted by Gasteiger charge is 2.31. The quantitative estimate of drug-likeness (QED) is 0.429. The van der Waals surface area contributed by atoms with Gasteiger partial charge in [-0.2, -0.15) is 0 Å². The van der Waals surface area contributed by atoms with E-state index in [0.717, 1.165) is 0 Å². The van der Waals surface area contributed by atoms with Crippen LogP contribution < -0.4 is 0 Å². The number of carbonyl (C=O) groups excluding carboxylic acids is 1. The molecule has 0 saturated carbocycles. The molecule has 0 fully saturated rings. The lowest BCUT2D eigenvalue weighted by molar-refractivity contribution is -0.131. The Morgan fingerprint density at radius 2 is 1.87 bits per heavy atom. The largest absolute Gasteiger partial charge is 0.465 e. The van der Waals surface area contributed by atoms with E-state index in [9.17, 15) is 4.79 Å². The van der Waals surface area contributed by atoms with Gasteiger partial charge in [0.05, 0.1) is 20.4 Å². The van der Waals surface area contributed by atoms with Gasteiger partial charge in [-0.15, -0.1) is 0 Å². The van der Waals surface area contributed by atoms with Crippen LogP contribution in [-0.2, 0) is 14.3 Å². The van der Waals surface area contributed by atoms with Gasteiger partial charge in [0.2, 0.25) is 3.79 Å². The van der Waals surface area contributed by atoms with Crippen LogP contribution in [0.3, 0.4) is 0 Å². The van der Waals surface area contributed by atoms with Crippen LogP contribution in [0, 0.1) is 0 Å². The van der Waals surface area contributed by atoms with Crippen molar-refractivity contribution >= 4 is 49.3 Å². The SMILES string of the molecule is C[Si](C)(C)C(COC=O)OCC(Cl)(Cl)Cl. The van der Waals surface area contributed by atoms with Gasteiger partial charge < -0.3 is 9.47 Å². The average Bonchev–Trinajstić information content (AvgIpc) is 1.99. The maximum absolute atomic E-state index is 10.1. The molecule has 0 amide bonds. The highest BCUT2D eigenvalue weighted by Crippen LogP contribution is 2.27. The Bertz CT molecular complexity index is 200. The summed E-state index contributed by atoms with van der Waals surface area (Å²) in [7, 11) is -1.61. The fraction of sp³-hybridized carbons (Fsp3) is 0.875. The Kier molecular flexibility index (Phi) is 6.52. The lowest BCUT2D eigenvalue weighted by Gasteiger charge is -2.29. The maximum Gasteiger partial charge on any atom is 0.293 e. The maximum atomic E-state index is 10.1. The Morgan fingerprint density at radius 1 is 1.33 bits per heavy atom. The molecule has 0 aliphatic rings. The summed E-state index contributed by atoms with van der Waals surface area (Å²) in [5.41, 5.74) is -0.168. The Balaban J connectivity index is 4.20. The number of hydrogen-bond donors (Lipinski definition) is 0. The summed E-state index contributed by atoms with van der Waals surface area (Å²) in [4.78, 5) is 10.1. The second kappa shape index (κ2) is 6.30. The number of carbonyl (C=O) groups is 1. The van der Waals surface area contributed by atoms with Gasteiger partial charge in [-0.3, -0.25) is 4.79 Å². The third-order valence-electron chi connectivity index (χ3n) is 1.73. The zero-order valence-electron chi connectivity index (χ0n) is 8.93. The van der Waals surface area contributed by atoms with Crippen LogP contribution in [0.4, 0.5) is 0 Å². The molecule has 0 aromatic rings. The molecule has 0 spiro atoms. The zero-order valence-corrected chi connectivity index (χ0v) is 12.2. The van der Waals surface area contributed by atoms with Crippen molar-refractivity contribution in [2.45, 2.75) is 29.2 Å². The van der Waals surface area contributed by atoms with Crippen molar-refractivity contribution in [1.29, 1.82) is 0 Å². The van der Waals surface area contributed by atoms with Crippen LogP contribution in [0.2, 0.25) is 19.6 Å². The molecule has 0 aliphatic heterocycles. The summed E-state index contributed by atoms with van der Waals surface area (Å²) in [5, 5.41) is 0. The van der Waals surface area contributed by atoms with E-state index in [1.165, 1.54) is 0 Å². The summed E-state index contributed by atoms with van der Waals surface area (Å²) >= 11 is 16.7. The molecule has 1 atom stereocenters. The van der Waals surface area contributed by atoms with E-state index in [0.29, 0.717) is 6.47 Å². The molecule has 3 nitrogen and oxygen atoms in total. The van der Waals surface area contributed by atoms with Crippen molar-refractivity contribution in [3.05, 3.63) is 0 Å². The van der Waals surface area contributed by atoms with Crippen LogP contribution in [0.1, 0.15) is 0 Å². The van der Waals surface area contributed by atoms with Crippen LogP contribution in [0.5, 0.6) is 0 Å². The minimum absolute atomic E-state index is 0.00514. The monoisotopic (exact) mass is 292 g/mol. The molecule has 1 unspecified atom stereocenters. The lowest BCUT2D eigenvalue weighted by Crippen LogP contribution is -2.45. The molecular formula is C8H15Cl3O3Si. The summed E-state index contributed by atoms with van der Waals surface area (Å²) in [5.74, 6) is 0. The predicted octanol–water partition coefficient (Wildman–Crippen LogP) is 2.79. The van der Waals surface area contributed by atoms with Crippen molar-refractivity contribution in [2.24, 2.45) is 0 Å². The number of halogens is 3. The van der Waals surface area contributed by atoms with Gasteiger partial charge >= 0.3 is 0 Å². The van der Waals surface area contributed by atoms with E-state index in [-0.39, 0.29) is 18.9 Å². The second-order valence-corrected chi connectivity index (χ2v) is 12.1. The normalized spacial score (nSPS) is 14.8. The first-order chi connectivity index (χ1) is 6.67. The predicted molar refractivity (Wildman–Crippen MR) is 65.4 cm³/mol. The van der Waals surface area contributed by atoms with Crippen molar-refractivity contribution in [3.63, 3.8) is 0 Å². The summed E-state index contributed by atoms with van der Waals surface area (Å²) in [6.45, 7) is 6.86. The van der Waals surface area contributed by atoms with Gasteiger partial charge in [-0.1, -0.05) is 54.4 Å². The molecule has 0 aliphatic carbocycles. The summed E-state index contributed by atoms with van der Waals surface area (Å²) in [6.07, 6.45) is 0. The molecule has 0 heterocycles. The molecule has 90 valence electrons. The molecular weight excluding hydrogens is 279 g/mol. The summed E-state index contributed by atoms with van der Waals surface area (Å²) in [6, 6.07) is 0. The van der Waals surface area contributed by atoms with E-state index in [2.05, 4.69) is 24.4 Å².